The molecule has 1 aliphatic heterocycles. The second-order valence-electron chi connectivity index (χ2n) is 7.04. The molecule has 4 nitrogen and oxygen atoms in total. The van der Waals surface area contributed by atoms with E-state index in [1.165, 1.54) is 18.2 Å². The highest BCUT2D eigenvalue weighted by Gasteiger charge is 2.44. The van der Waals surface area contributed by atoms with Crippen molar-refractivity contribution in [3.63, 3.8) is 0 Å². The van der Waals surface area contributed by atoms with Gasteiger partial charge in [0, 0.05) is 30.7 Å². The lowest BCUT2D eigenvalue weighted by Gasteiger charge is -2.24. The van der Waals surface area contributed by atoms with Gasteiger partial charge in [-0.05, 0) is 25.0 Å². The second kappa shape index (κ2) is 8.47. The number of rotatable bonds is 8. The monoisotopic (exact) mass is 352 g/mol. The normalized spacial score (nSPS) is 22.3. The predicted octanol–water partition coefficient (Wildman–Crippen LogP) is 3.71. The van der Waals surface area contributed by atoms with Gasteiger partial charge in [-0.1, -0.05) is 60.7 Å². The fraction of sp³-hybridized carbons (Fsp3) is 0.409. The molecule has 0 amide bonds. The van der Waals surface area contributed by atoms with Crippen LogP contribution >= 0.6 is 0 Å². The molecule has 138 valence electrons. The van der Waals surface area contributed by atoms with E-state index in [0.29, 0.717) is 18.5 Å². The van der Waals surface area contributed by atoms with Gasteiger partial charge in [0.1, 0.15) is 0 Å². The van der Waals surface area contributed by atoms with Gasteiger partial charge in [0.25, 0.3) is 0 Å². The van der Waals surface area contributed by atoms with Crippen LogP contribution in [0.4, 0.5) is 0 Å². The molecule has 0 aromatic heterocycles. The summed E-state index contributed by atoms with van der Waals surface area (Å²) in [6.45, 7) is 5.37. The Labute approximate surface area is 156 Å². The van der Waals surface area contributed by atoms with E-state index in [1.54, 1.807) is 0 Å². The van der Waals surface area contributed by atoms with Crippen molar-refractivity contribution in [3.05, 3.63) is 71.8 Å². The number of methoxy groups -OCH3 is 1. The summed E-state index contributed by atoms with van der Waals surface area (Å²) in [6, 6.07) is 21.8. The molecule has 5 atom stereocenters. The van der Waals surface area contributed by atoms with Crippen molar-refractivity contribution >= 4 is 5.97 Å². The van der Waals surface area contributed by atoms with E-state index in [0.717, 1.165) is 6.54 Å². The molecule has 1 heterocycles. The zero-order chi connectivity index (χ0) is 18.5. The van der Waals surface area contributed by atoms with Gasteiger partial charge in [-0.25, -0.2) is 0 Å². The highest BCUT2D eigenvalue weighted by molar-refractivity contribution is 5.70. The van der Waals surface area contributed by atoms with Crippen molar-refractivity contribution in [3.8, 4) is 0 Å². The average Bonchev–Trinajstić information content (AvgIpc) is 3.49. The Bertz CT molecular complexity index is 705. The van der Waals surface area contributed by atoms with Crippen LogP contribution < -0.4 is 5.32 Å². The third-order valence-electron chi connectivity index (χ3n) is 5.31. The summed E-state index contributed by atoms with van der Waals surface area (Å²) < 4.78 is 4.93. The molecule has 0 radical (unpaired) electrons. The van der Waals surface area contributed by atoms with E-state index >= 15 is 0 Å². The molecule has 0 bridgehead atoms. The highest BCUT2D eigenvalue weighted by Crippen LogP contribution is 2.35. The van der Waals surface area contributed by atoms with Crippen molar-refractivity contribution in [1.29, 1.82) is 0 Å². The smallest absolute Gasteiger partial charge is 0.307 e. The van der Waals surface area contributed by atoms with E-state index in [9.17, 15) is 4.79 Å². The maximum Gasteiger partial charge on any atom is 0.307 e. The lowest BCUT2D eigenvalue weighted by molar-refractivity contribution is -0.141. The van der Waals surface area contributed by atoms with Gasteiger partial charge in [-0.3, -0.25) is 9.69 Å². The van der Waals surface area contributed by atoms with Gasteiger partial charge in [0.2, 0.25) is 0 Å². The molecule has 3 rings (SSSR count). The number of nitrogens with zero attached hydrogens (tertiary/aromatic N) is 1. The summed E-state index contributed by atoms with van der Waals surface area (Å²) in [5, 5.41) is 3.65. The van der Waals surface area contributed by atoms with Crippen LogP contribution in [0.5, 0.6) is 0 Å². The molecule has 0 aliphatic carbocycles. The first-order valence-electron chi connectivity index (χ1n) is 9.28. The van der Waals surface area contributed by atoms with Crippen molar-refractivity contribution in [2.24, 2.45) is 0 Å². The zero-order valence-electron chi connectivity index (χ0n) is 15.8. The maximum atomic E-state index is 11.9. The molecule has 0 spiro atoms. The molecule has 1 fully saturated rings. The lowest BCUT2D eigenvalue weighted by Crippen LogP contribution is -2.39. The molecule has 1 unspecified atom stereocenters. The number of nitrogens with one attached hydrogen (secondary N) is 1. The number of carbonyl (C=O) groups excluding carboxylic acids is 1. The Morgan fingerprint density at radius 2 is 1.65 bits per heavy atom. The fourth-order valence-corrected chi connectivity index (χ4v) is 3.62. The summed E-state index contributed by atoms with van der Waals surface area (Å²) in [6.07, 6.45) is 0.385. The number of hydrogen-bond donors (Lipinski definition) is 1. The predicted molar refractivity (Wildman–Crippen MR) is 104 cm³/mol. The lowest BCUT2D eigenvalue weighted by atomic mass is 10.0. The van der Waals surface area contributed by atoms with Gasteiger partial charge < -0.3 is 10.1 Å². The number of carbonyl (C=O) groups is 1. The molecule has 1 saturated heterocycles. The third kappa shape index (κ3) is 4.51. The van der Waals surface area contributed by atoms with Gasteiger partial charge in [-0.2, -0.15) is 0 Å². The van der Waals surface area contributed by atoms with Gasteiger partial charge in [0.15, 0.2) is 0 Å². The Balaban J connectivity index is 1.68. The van der Waals surface area contributed by atoms with E-state index in [4.69, 9.17) is 4.74 Å². The second-order valence-corrected chi connectivity index (χ2v) is 7.04. The minimum atomic E-state index is -0.165. The summed E-state index contributed by atoms with van der Waals surface area (Å²) in [7, 11) is 1.46. The standard InChI is InChI=1S/C22H28N2O2/c1-16(18-10-6-4-7-11-18)23-20(14-22(25)26-3)21-15-24(21)17(2)19-12-8-5-9-13-19/h4-13,16-17,20-21,23H,14-15H2,1-3H3/t16-,17-,20+,21-,24?/m1/s1. The van der Waals surface area contributed by atoms with Crippen molar-refractivity contribution in [2.45, 2.75) is 44.4 Å². The van der Waals surface area contributed by atoms with Crippen LogP contribution in [0, 0.1) is 0 Å². The fourth-order valence-electron chi connectivity index (χ4n) is 3.62. The van der Waals surface area contributed by atoms with Crippen molar-refractivity contribution < 1.29 is 9.53 Å². The Kier molecular flexibility index (Phi) is 6.07. The molecule has 2 aromatic carbocycles. The van der Waals surface area contributed by atoms with E-state index in [2.05, 4.69) is 60.5 Å². The van der Waals surface area contributed by atoms with Gasteiger partial charge >= 0.3 is 5.97 Å². The third-order valence-corrected chi connectivity index (χ3v) is 5.31. The van der Waals surface area contributed by atoms with Crippen LogP contribution in [-0.2, 0) is 9.53 Å². The molecule has 4 heteroatoms. The van der Waals surface area contributed by atoms with Crippen molar-refractivity contribution in [1.82, 2.24) is 10.2 Å². The summed E-state index contributed by atoms with van der Waals surface area (Å²) in [5.41, 5.74) is 2.54. The number of hydrogen-bond acceptors (Lipinski definition) is 4. The first-order valence-corrected chi connectivity index (χ1v) is 9.28. The summed E-state index contributed by atoms with van der Waals surface area (Å²) in [4.78, 5) is 14.4. The van der Waals surface area contributed by atoms with Crippen molar-refractivity contribution in [2.75, 3.05) is 13.7 Å². The molecule has 0 saturated carbocycles. The first kappa shape index (κ1) is 18.6. The van der Waals surface area contributed by atoms with E-state index in [-0.39, 0.29) is 18.1 Å². The number of ether oxygens (including phenoxy) is 1. The quantitative estimate of drug-likeness (QED) is 0.581. The molecule has 1 aliphatic rings. The largest absolute Gasteiger partial charge is 0.469 e. The molecule has 1 N–H and O–H groups in total. The van der Waals surface area contributed by atoms with Crippen LogP contribution in [0.15, 0.2) is 60.7 Å². The van der Waals surface area contributed by atoms with Crippen LogP contribution in [0.2, 0.25) is 0 Å². The van der Waals surface area contributed by atoms with E-state index < -0.39 is 0 Å². The Morgan fingerprint density at radius 1 is 1.08 bits per heavy atom. The zero-order valence-corrected chi connectivity index (χ0v) is 15.8. The van der Waals surface area contributed by atoms with Crippen LogP contribution in [0.1, 0.15) is 43.5 Å². The molecular weight excluding hydrogens is 324 g/mol. The van der Waals surface area contributed by atoms with Crippen LogP contribution in [0.25, 0.3) is 0 Å². The Morgan fingerprint density at radius 3 is 2.23 bits per heavy atom. The summed E-state index contributed by atoms with van der Waals surface area (Å²) >= 11 is 0. The van der Waals surface area contributed by atoms with Gasteiger partial charge in [-0.15, -0.1) is 0 Å². The summed E-state index contributed by atoms with van der Waals surface area (Å²) in [5.74, 6) is -0.165. The average molecular weight is 352 g/mol. The topological polar surface area (TPSA) is 41.3 Å². The Hall–Kier alpha value is -2.17. The van der Waals surface area contributed by atoms with E-state index in [1.807, 2.05) is 24.3 Å². The number of esters is 1. The van der Waals surface area contributed by atoms with Gasteiger partial charge in [0.05, 0.1) is 13.5 Å². The highest BCUT2D eigenvalue weighted by atomic mass is 16.5. The SMILES string of the molecule is COC(=O)C[C@H](N[C@H](C)c1ccccc1)[C@H]1CN1[C@H](C)c1ccccc1. The van der Waals surface area contributed by atoms with Crippen LogP contribution in [-0.4, -0.2) is 36.6 Å². The number of benzene rings is 2. The maximum absolute atomic E-state index is 11.9. The minimum absolute atomic E-state index is 0.0730. The first-order chi connectivity index (χ1) is 12.6. The van der Waals surface area contributed by atoms with Crippen LogP contribution in [0.3, 0.4) is 0 Å². The molecular formula is C22H28N2O2. The minimum Gasteiger partial charge on any atom is -0.469 e. The molecule has 26 heavy (non-hydrogen) atoms. The molecule has 2 aromatic rings.